The van der Waals surface area contributed by atoms with Gasteiger partial charge in [0, 0.05) is 35.7 Å². The summed E-state index contributed by atoms with van der Waals surface area (Å²) >= 11 is 0. The van der Waals surface area contributed by atoms with Gasteiger partial charge in [0.15, 0.2) is 9.84 Å². The fraction of sp³-hybridized carbons (Fsp3) is 0.455. The fourth-order valence-electron chi connectivity index (χ4n) is 3.34. The summed E-state index contributed by atoms with van der Waals surface area (Å²) in [4.78, 5) is 43.3. The number of ketones is 1. The number of sulfone groups is 1. The third-order valence-corrected chi connectivity index (χ3v) is 7.10. The van der Waals surface area contributed by atoms with Crippen molar-refractivity contribution in [2.75, 3.05) is 5.75 Å². The Balaban J connectivity index is 2.30. The molecule has 0 aliphatic rings. The first-order valence-corrected chi connectivity index (χ1v) is 12.3. The van der Waals surface area contributed by atoms with E-state index in [1.54, 1.807) is 20.0 Å². The van der Waals surface area contributed by atoms with Crippen molar-refractivity contribution >= 4 is 44.6 Å². The molecular formula is C22H29N4O6S+. The number of ether oxygens (including phenoxy) is 1. The minimum absolute atomic E-state index is 0.0810. The Kier molecular flexibility index (Phi) is 9.07. The van der Waals surface area contributed by atoms with E-state index in [1.807, 2.05) is 24.3 Å². The van der Waals surface area contributed by atoms with Crippen molar-refractivity contribution in [2.45, 2.75) is 57.4 Å². The van der Waals surface area contributed by atoms with Crippen LogP contribution in [0.1, 0.15) is 39.2 Å². The number of esters is 1. The van der Waals surface area contributed by atoms with Crippen LogP contribution >= 0.6 is 0 Å². The zero-order valence-electron chi connectivity index (χ0n) is 18.8. The molecular weight excluding hydrogens is 448 g/mol. The molecule has 2 aromatic rings. The van der Waals surface area contributed by atoms with E-state index < -0.39 is 44.9 Å². The normalized spacial score (nSPS) is 13.2. The molecule has 0 unspecified atom stereocenters. The van der Waals surface area contributed by atoms with Gasteiger partial charge in [-0.25, -0.2) is 13.2 Å². The lowest BCUT2D eigenvalue weighted by Crippen LogP contribution is -2.49. The van der Waals surface area contributed by atoms with Gasteiger partial charge in [-0.1, -0.05) is 25.1 Å². The third-order valence-electron chi connectivity index (χ3n) is 5.05. The highest BCUT2D eigenvalue weighted by atomic mass is 32.2. The van der Waals surface area contributed by atoms with Crippen LogP contribution < -0.4 is 5.32 Å². The van der Waals surface area contributed by atoms with Crippen LogP contribution in [-0.2, 0) is 35.4 Å². The van der Waals surface area contributed by atoms with Crippen molar-refractivity contribution in [1.82, 2.24) is 10.3 Å². The number of para-hydroxylation sites is 1. The van der Waals surface area contributed by atoms with Crippen molar-refractivity contribution in [1.29, 1.82) is 5.53 Å². The van der Waals surface area contributed by atoms with Gasteiger partial charge >= 0.3 is 12.2 Å². The van der Waals surface area contributed by atoms with E-state index in [0.717, 1.165) is 17.1 Å². The molecule has 2 atom stereocenters. The standard InChI is InChI=1S/C22H28N4O6S/c1-4-33(30,31)20(11-15-12-24-18-8-6-5-7-17(15)18)21(28)26-19(22(29)32-14(2)3)10-9-16(27)13-25-23/h5-8,12-14,19-20,23-24H,4,9-11H2,1-3H3/p+1/t19-,20-/m0/s1. The highest BCUT2D eigenvalue weighted by Crippen LogP contribution is 2.22. The topological polar surface area (TPSA) is 160 Å². The van der Waals surface area contributed by atoms with Crippen LogP contribution in [0.3, 0.4) is 0 Å². The monoisotopic (exact) mass is 477 g/mol. The number of H-pyrrole nitrogens is 1. The average molecular weight is 478 g/mol. The molecule has 1 aromatic carbocycles. The number of hydrogen-bond donors (Lipinski definition) is 3. The van der Waals surface area contributed by atoms with Crippen LogP contribution in [-0.4, -0.2) is 65.2 Å². The van der Waals surface area contributed by atoms with Gasteiger partial charge in [-0.2, -0.15) is 0 Å². The zero-order valence-corrected chi connectivity index (χ0v) is 19.6. The van der Waals surface area contributed by atoms with Crippen LogP contribution in [0.15, 0.2) is 30.5 Å². The molecule has 3 N–H and O–H groups in total. The number of amides is 1. The summed E-state index contributed by atoms with van der Waals surface area (Å²) in [5, 5.41) is 1.85. The molecule has 0 fully saturated rings. The van der Waals surface area contributed by atoms with Gasteiger partial charge in [-0.3, -0.25) is 9.59 Å². The number of carbonyl (C=O) groups excluding carboxylic acids is 3. The van der Waals surface area contributed by atoms with Crippen LogP contribution in [0.25, 0.3) is 10.9 Å². The average Bonchev–Trinajstić information content (AvgIpc) is 3.17. The summed E-state index contributed by atoms with van der Waals surface area (Å²) in [6.45, 7) is 4.72. The van der Waals surface area contributed by atoms with Crippen molar-refractivity contribution in [3.63, 3.8) is 0 Å². The smallest absolute Gasteiger partial charge is 0.372 e. The first-order chi connectivity index (χ1) is 15.6. The van der Waals surface area contributed by atoms with Crippen LogP contribution in [0, 0.1) is 5.53 Å². The third kappa shape index (κ3) is 7.10. The van der Waals surface area contributed by atoms with Gasteiger partial charge in [0.25, 0.3) is 0 Å². The maximum atomic E-state index is 13.1. The Labute approximate surface area is 192 Å². The van der Waals surface area contributed by atoms with Gasteiger partial charge < -0.3 is 15.0 Å². The molecule has 0 bridgehead atoms. The predicted octanol–water partition coefficient (Wildman–Crippen LogP) is 1.61. The van der Waals surface area contributed by atoms with E-state index in [9.17, 15) is 22.8 Å². The first kappa shape index (κ1) is 26.0. The summed E-state index contributed by atoms with van der Waals surface area (Å²) in [5.41, 5.74) is 8.20. The molecule has 178 valence electrons. The molecule has 2 rings (SSSR count). The molecule has 10 nitrogen and oxygen atoms in total. The van der Waals surface area contributed by atoms with E-state index in [1.165, 1.54) is 6.92 Å². The summed E-state index contributed by atoms with van der Waals surface area (Å²) in [7, 11) is -3.83. The lowest BCUT2D eigenvalue weighted by molar-refractivity contribution is -0.151. The number of benzene rings is 1. The quantitative estimate of drug-likeness (QED) is 0.182. The second-order valence-corrected chi connectivity index (χ2v) is 10.3. The van der Waals surface area contributed by atoms with E-state index in [4.69, 9.17) is 10.3 Å². The summed E-state index contributed by atoms with van der Waals surface area (Å²) < 4.78 is 30.8. The lowest BCUT2D eigenvalue weighted by atomic mass is 10.1. The molecule has 1 amide bonds. The van der Waals surface area contributed by atoms with Crippen molar-refractivity contribution in [3.8, 4) is 0 Å². The molecule has 0 saturated heterocycles. The number of carbonyl (C=O) groups is 3. The molecule has 33 heavy (non-hydrogen) atoms. The number of nitrogens with zero attached hydrogens (tertiary/aromatic N) is 1. The number of aromatic nitrogens is 1. The number of fused-ring (bicyclic) bond motifs is 1. The second-order valence-electron chi connectivity index (χ2n) is 7.81. The molecule has 0 saturated carbocycles. The van der Waals surface area contributed by atoms with Gasteiger partial charge in [0.05, 0.1) is 16.4 Å². The number of aromatic amines is 1. The number of rotatable bonds is 12. The second kappa shape index (κ2) is 11.5. The van der Waals surface area contributed by atoms with E-state index in [0.29, 0.717) is 5.56 Å². The van der Waals surface area contributed by atoms with Crippen molar-refractivity contribution in [2.24, 2.45) is 0 Å². The first-order valence-electron chi connectivity index (χ1n) is 10.6. The summed E-state index contributed by atoms with van der Waals surface area (Å²) in [5.74, 6) is -2.37. The summed E-state index contributed by atoms with van der Waals surface area (Å²) in [6.07, 6.45) is 1.63. The molecule has 0 spiro atoms. The molecule has 0 aliphatic heterocycles. The molecule has 1 aromatic heterocycles. The minimum Gasteiger partial charge on any atom is -0.461 e. The number of hydrogen-bond acceptors (Lipinski definition) is 7. The zero-order chi connectivity index (χ0) is 24.6. The van der Waals surface area contributed by atoms with E-state index in [2.05, 4.69) is 15.1 Å². The van der Waals surface area contributed by atoms with Gasteiger partial charge in [0.1, 0.15) is 11.3 Å². The Morgan fingerprint density at radius 1 is 1.24 bits per heavy atom. The van der Waals surface area contributed by atoms with E-state index >= 15 is 0 Å². The largest absolute Gasteiger partial charge is 0.461 e. The summed E-state index contributed by atoms with van der Waals surface area (Å²) in [6, 6.07) is 6.11. The van der Waals surface area contributed by atoms with Crippen LogP contribution in [0.5, 0.6) is 0 Å². The predicted molar refractivity (Wildman–Crippen MR) is 122 cm³/mol. The minimum atomic E-state index is -3.83. The Bertz CT molecular complexity index is 1160. The lowest BCUT2D eigenvalue weighted by Gasteiger charge is -2.22. The number of nitrogens with one attached hydrogen (secondary N) is 3. The van der Waals surface area contributed by atoms with E-state index in [-0.39, 0.29) is 25.0 Å². The highest BCUT2D eigenvalue weighted by molar-refractivity contribution is 7.92. The SMILES string of the molecule is CCS(=O)(=O)[C@@H](Cc1c[nH]c2ccccc12)C(=O)N[C@@H](CCC(=O)C=[N+]=N)C(=O)OC(C)C. The fourth-order valence-corrected chi connectivity index (χ4v) is 4.57. The Hall–Kier alpha value is -3.30. The molecule has 0 aliphatic carbocycles. The van der Waals surface area contributed by atoms with Gasteiger partial charge in [-0.05, 0) is 31.9 Å². The van der Waals surface area contributed by atoms with Crippen LogP contribution in [0.2, 0.25) is 0 Å². The molecule has 1 heterocycles. The van der Waals surface area contributed by atoms with Crippen molar-refractivity contribution in [3.05, 3.63) is 36.0 Å². The molecule has 0 radical (unpaired) electrons. The Morgan fingerprint density at radius 2 is 1.94 bits per heavy atom. The molecule has 11 heteroatoms. The highest BCUT2D eigenvalue weighted by Gasteiger charge is 2.35. The number of Topliss-reactive ketones (excluding diaryl/α,β-unsaturated/α-hetero) is 1. The maximum absolute atomic E-state index is 13.1. The van der Waals surface area contributed by atoms with Gasteiger partial charge in [0.2, 0.25) is 11.7 Å². The maximum Gasteiger partial charge on any atom is 0.372 e. The van der Waals surface area contributed by atoms with Gasteiger partial charge in [-0.15, -0.1) is 0 Å². The van der Waals surface area contributed by atoms with Crippen LogP contribution in [0.4, 0.5) is 0 Å². The Morgan fingerprint density at radius 3 is 2.58 bits per heavy atom. The van der Waals surface area contributed by atoms with Crippen molar-refractivity contribution < 1.29 is 32.3 Å².